The molecule has 1 aliphatic rings. The number of nitrogens with zero attached hydrogens (tertiary/aromatic N) is 2. The van der Waals surface area contributed by atoms with Crippen LogP contribution in [0, 0.1) is 0 Å². The highest BCUT2D eigenvalue weighted by atomic mass is 19.4. The van der Waals surface area contributed by atoms with Crippen molar-refractivity contribution in [1.82, 2.24) is 9.78 Å². The summed E-state index contributed by atoms with van der Waals surface area (Å²) in [5.74, 6) is -1.11. The van der Waals surface area contributed by atoms with E-state index >= 15 is 0 Å². The van der Waals surface area contributed by atoms with Crippen molar-refractivity contribution in [2.45, 2.75) is 12.6 Å². The predicted octanol–water partition coefficient (Wildman–Crippen LogP) is 2.97. The molecule has 0 radical (unpaired) electrons. The van der Waals surface area contributed by atoms with Gasteiger partial charge in [-0.05, 0) is 18.2 Å². The third kappa shape index (κ3) is 2.89. The number of carboxylic acid groups (broad SMARTS) is 1. The number of carboxylic acids is 1. The summed E-state index contributed by atoms with van der Waals surface area (Å²) in [5, 5.41) is 12.7. The van der Waals surface area contributed by atoms with Gasteiger partial charge in [0.15, 0.2) is 17.2 Å². The van der Waals surface area contributed by atoms with Gasteiger partial charge >= 0.3 is 12.1 Å². The molecule has 6 nitrogen and oxygen atoms in total. The third-order valence-corrected chi connectivity index (χ3v) is 3.57. The third-order valence-electron chi connectivity index (χ3n) is 3.57. The maximum absolute atomic E-state index is 13.5. The second kappa shape index (κ2) is 5.73. The Balaban J connectivity index is 2.22. The average Bonchev–Trinajstić information content (AvgIpc) is 2.74. The number of ether oxygens (including phenoxy) is 2. The number of hydrogen-bond donors (Lipinski definition) is 1. The van der Waals surface area contributed by atoms with Crippen molar-refractivity contribution in [3.8, 4) is 22.8 Å². The summed E-state index contributed by atoms with van der Waals surface area (Å²) >= 11 is 0. The SMILES string of the molecule is Cn1nc(C(=O)O)cc1-c1cc2c(cc1C(F)(F)F)OCCCO2. The lowest BCUT2D eigenvalue weighted by Crippen LogP contribution is -2.09. The lowest BCUT2D eigenvalue weighted by molar-refractivity contribution is -0.137. The molecule has 1 N–H and O–H groups in total. The van der Waals surface area contributed by atoms with Gasteiger partial charge in [0, 0.05) is 19.0 Å². The van der Waals surface area contributed by atoms with Gasteiger partial charge in [-0.3, -0.25) is 4.68 Å². The Hall–Kier alpha value is -2.71. The molecule has 0 unspecified atom stereocenters. The van der Waals surface area contributed by atoms with Gasteiger partial charge in [-0.15, -0.1) is 0 Å². The number of aromatic carboxylic acids is 1. The summed E-state index contributed by atoms with van der Waals surface area (Å²) in [6.07, 6.45) is -4.09. The van der Waals surface area contributed by atoms with E-state index in [1.807, 2.05) is 0 Å². The van der Waals surface area contributed by atoms with Gasteiger partial charge in [-0.1, -0.05) is 0 Å². The monoisotopic (exact) mass is 342 g/mol. The van der Waals surface area contributed by atoms with E-state index in [9.17, 15) is 18.0 Å². The van der Waals surface area contributed by atoms with Gasteiger partial charge in [-0.25, -0.2) is 4.79 Å². The Morgan fingerprint density at radius 2 is 1.83 bits per heavy atom. The molecule has 0 bridgehead atoms. The number of hydrogen-bond acceptors (Lipinski definition) is 4. The number of halogens is 3. The first kappa shape index (κ1) is 16.2. The van der Waals surface area contributed by atoms with Gasteiger partial charge < -0.3 is 14.6 Å². The fourth-order valence-corrected chi connectivity index (χ4v) is 2.48. The van der Waals surface area contributed by atoms with E-state index in [0.717, 1.165) is 16.8 Å². The molecule has 0 fully saturated rings. The standard InChI is InChI=1S/C15H13F3N2O4/c1-20-11(7-10(19-20)14(21)22)8-5-12-13(24-4-2-3-23-12)6-9(8)15(16,17)18/h5-7H,2-4H2,1H3,(H,21,22). The molecule has 0 atom stereocenters. The molecule has 0 amide bonds. The molecule has 2 aromatic rings. The van der Waals surface area contributed by atoms with Crippen molar-refractivity contribution in [2.24, 2.45) is 7.05 Å². The molecular formula is C15H13F3N2O4. The van der Waals surface area contributed by atoms with Gasteiger partial charge in [0.1, 0.15) is 0 Å². The summed E-state index contributed by atoms with van der Waals surface area (Å²) in [5.41, 5.74) is -1.47. The predicted molar refractivity (Wildman–Crippen MR) is 76.2 cm³/mol. The Morgan fingerprint density at radius 3 is 2.38 bits per heavy atom. The second-order valence-corrected chi connectivity index (χ2v) is 5.24. The molecule has 0 saturated heterocycles. The smallest absolute Gasteiger partial charge is 0.417 e. The first-order chi connectivity index (χ1) is 11.3. The van der Waals surface area contributed by atoms with Crippen LogP contribution in [0.3, 0.4) is 0 Å². The van der Waals surface area contributed by atoms with Crippen LogP contribution in [0.4, 0.5) is 13.2 Å². The minimum atomic E-state index is -4.65. The normalized spacial score (nSPS) is 14.3. The fraction of sp³-hybridized carbons (Fsp3) is 0.333. The van der Waals surface area contributed by atoms with E-state index in [-0.39, 0.29) is 35.1 Å². The van der Waals surface area contributed by atoms with Crippen LogP contribution in [0.1, 0.15) is 22.5 Å². The van der Waals surface area contributed by atoms with Crippen molar-refractivity contribution in [2.75, 3.05) is 13.2 Å². The number of alkyl halides is 3. The molecular weight excluding hydrogens is 329 g/mol. The quantitative estimate of drug-likeness (QED) is 0.908. The van der Waals surface area contributed by atoms with Crippen LogP contribution < -0.4 is 9.47 Å². The lowest BCUT2D eigenvalue weighted by atomic mass is 10.0. The zero-order valence-electron chi connectivity index (χ0n) is 12.6. The summed E-state index contributed by atoms with van der Waals surface area (Å²) in [4.78, 5) is 11.0. The van der Waals surface area contributed by atoms with E-state index in [2.05, 4.69) is 5.10 Å². The van der Waals surface area contributed by atoms with Gasteiger partial charge in [-0.2, -0.15) is 18.3 Å². The minimum absolute atomic E-state index is 0.0178. The highest BCUT2D eigenvalue weighted by molar-refractivity contribution is 5.87. The topological polar surface area (TPSA) is 73.6 Å². The molecule has 1 aromatic carbocycles. The summed E-state index contributed by atoms with van der Waals surface area (Å²) in [6.45, 7) is 0.585. The van der Waals surface area contributed by atoms with Crippen LogP contribution in [-0.2, 0) is 13.2 Å². The first-order valence-corrected chi connectivity index (χ1v) is 7.06. The van der Waals surface area contributed by atoms with Crippen LogP contribution in [0.2, 0.25) is 0 Å². The van der Waals surface area contributed by atoms with Crippen molar-refractivity contribution >= 4 is 5.97 Å². The average molecular weight is 342 g/mol. The van der Waals surface area contributed by atoms with E-state index in [4.69, 9.17) is 14.6 Å². The largest absolute Gasteiger partial charge is 0.490 e. The number of aromatic nitrogens is 2. The lowest BCUT2D eigenvalue weighted by Gasteiger charge is -2.16. The van der Waals surface area contributed by atoms with Gasteiger partial charge in [0.25, 0.3) is 0 Å². The highest BCUT2D eigenvalue weighted by Gasteiger charge is 2.36. The van der Waals surface area contributed by atoms with Crippen molar-refractivity contribution in [1.29, 1.82) is 0 Å². The Morgan fingerprint density at radius 1 is 1.21 bits per heavy atom. The molecule has 2 heterocycles. The van der Waals surface area contributed by atoms with E-state index in [1.54, 1.807) is 0 Å². The zero-order chi connectivity index (χ0) is 17.5. The zero-order valence-corrected chi connectivity index (χ0v) is 12.6. The fourth-order valence-electron chi connectivity index (χ4n) is 2.48. The number of rotatable bonds is 2. The maximum atomic E-state index is 13.5. The molecule has 9 heteroatoms. The van der Waals surface area contributed by atoms with Crippen molar-refractivity contribution < 1.29 is 32.5 Å². The van der Waals surface area contributed by atoms with Gasteiger partial charge in [0.05, 0.1) is 24.5 Å². The molecule has 3 rings (SSSR count). The summed E-state index contributed by atoms with van der Waals surface area (Å²) in [7, 11) is 1.38. The number of benzene rings is 1. The first-order valence-electron chi connectivity index (χ1n) is 7.06. The molecule has 0 aliphatic carbocycles. The number of fused-ring (bicyclic) bond motifs is 1. The van der Waals surface area contributed by atoms with E-state index < -0.39 is 17.7 Å². The van der Waals surface area contributed by atoms with Crippen LogP contribution in [-0.4, -0.2) is 34.1 Å². The summed E-state index contributed by atoms with van der Waals surface area (Å²) < 4.78 is 52.2. The molecule has 1 aromatic heterocycles. The van der Waals surface area contributed by atoms with Crippen LogP contribution in [0.5, 0.6) is 11.5 Å². The number of aryl methyl sites for hydroxylation is 1. The van der Waals surface area contributed by atoms with Gasteiger partial charge in [0.2, 0.25) is 0 Å². The number of carbonyl (C=O) groups is 1. The van der Waals surface area contributed by atoms with E-state index in [0.29, 0.717) is 13.0 Å². The highest BCUT2D eigenvalue weighted by Crippen LogP contribution is 2.44. The molecule has 1 aliphatic heterocycles. The van der Waals surface area contributed by atoms with E-state index in [1.165, 1.54) is 13.1 Å². The Labute approximate surface area is 134 Å². The van der Waals surface area contributed by atoms with Crippen molar-refractivity contribution in [3.63, 3.8) is 0 Å². The molecule has 24 heavy (non-hydrogen) atoms. The van der Waals surface area contributed by atoms with Crippen molar-refractivity contribution in [3.05, 3.63) is 29.5 Å². The molecule has 0 saturated carbocycles. The van der Waals surface area contributed by atoms with Crippen LogP contribution >= 0.6 is 0 Å². The molecule has 128 valence electrons. The Kier molecular flexibility index (Phi) is 3.86. The van der Waals surface area contributed by atoms with Crippen LogP contribution in [0.15, 0.2) is 18.2 Å². The van der Waals surface area contributed by atoms with Crippen LogP contribution in [0.25, 0.3) is 11.3 Å². The minimum Gasteiger partial charge on any atom is -0.490 e. The Bertz CT molecular complexity index is 799. The second-order valence-electron chi connectivity index (χ2n) is 5.24. The summed E-state index contributed by atoms with van der Waals surface area (Å²) in [6, 6.07) is 3.19. The molecule has 0 spiro atoms. The maximum Gasteiger partial charge on any atom is 0.417 e.